The predicted molar refractivity (Wildman–Crippen MR) is 66.8 cm³/mol. The highest BCUT2D eigenvalue weighted by Gasteiger charge is 2.33. The summed E-state index contributed by atoms with van der Waals surface area (Å²) in [5.74, 6) is -0.0427. The van der Waals surface area contributed by atoms with Gasteiger partial charge in [-0.1, -0.05) is 24.3 Å². The van der Waals surface area contributed by atoms with Gasteiger partial charge in [-0.25, -0.2) is 0 Å². The zero-order chi connectivity index (χ0) is 14.0. The maximum atomic E-state index is 12.9. The van der Waals surface area contributed by atoms with Crippen LogP contribution in [0.1, 0.15) is 16.7 Å². The van der Waals surface area contributed by atoms with E-state index in [0.717, 1.165) is 6.07 Å². The van der Waals surface area contributed by atoms with Crippen LogP contribution in [0, 0.1) is 0 Å². The number of halogens is 3. The summed E-state index contributed by atoms with van der Waals surface area (Å²) in [5, 5.41) is 9.63. The molecule has 100 valence electrons. The minimum absolute atomic E-state index is 0.0171. The van der Waals surface area contributed by atoms with Crippen LogP contribution in [0.5, 0.6) is 5.75 Å². The normalized spacial score (nSPS) is 11.5. The lowest BCUT2D eigenvalue weighted by Gasteiger charge is -2.15. The lowest BCUT2D eigenvalue weighted by molar-refractivity contribution is -0.138. The molecule has 2 nitrogen and oxygen atoms in total. The third kappa shape index (κ3) is 2.81. The first-order valence-electron chi connectivity index (χ1n) is 5.61. The van der Waals surface area contributed by atoms with Gasteiger partial charge in [0.05, 0.1) is 5.56 Å². The number of para-hydroxylation sites is 1. The minimum atomic E-state index is -4.46. The Morgan fingerprint density at radius 2 is 1.68 bits per heavy atom. The Morgan fingerprint density at radius 3 is 2.32 bits per heavy atom. The standard InChI is InChI=1S/C14H12F3NO/c15-14(16,17)11-5-3-6-12(18)10(11)8-9-4-1-2-7-13(9)19/h1-7,19H,8,18H2. The van der Waals surface area contributed by atoms with Crippen LogP contribution in [0.4, 0.5) is 18.9 Å². The molecule has 3 N–H and O–H groups in total. The number of rotatable bonds is 2. The van der Waals surface area contributed by atoms with Crippen molar-refractivity contribution in [1.29, 1.82) is 0 Å². The zero-order valence-corrected chi connectivity index (χ0v) is 9.91. The van der Waals surface area contributed by atoms with Crippen molar-refractivity contribution in [3.63, 3.8) is 0 Å². The first-order valence-corrected chi connectivity index (χ1v) is 5.61. The first-order chi connectivity index (χ1) is 8.89. The molecular weight excluding hydrogens is 255 g/mol. The number of nitrogen functional groups attached to an aromatic ring is 1. The highest BCUT2D eigenvalue weighted by Crippen LogP contribution is 2.36. The van der Waals surface area contributed by atoms with Crippen LogP contribution in [-0.4, -0.2) is 5.11 Å². The Labute approximate surface area is 108 Å². The van der Waals surface area contributed by atoms with Crippen molar-refractivity contribution in [2.24, 2.45) is 0 Å². The lowest BCUT2D eigenvalue weighted by atomic mass is 9.97. The summed E-state index contributed by atoms with van der Waals surface area (Å²) >= 11 is 0. The quantitative estimate of drug-likeness (QED) is 0.817. The van der Waals surface area contributed by atoms with Crippen LogP contribution in [0.15, 0.2) is 42.5 Å². The monoisotopic (exact) mass is 267 g/mol. The smallest absolute Gasteiger partial charge is 0.416 e. The molecular formula is C14H12F3NO. The largest absolute Gasteiger partial charge is 0.508 e. The van der Waals surface area contributed by atoms with Gasteiger partial charge in [-0.15, -0.1) is 0 Å². The summed E-state index contributed by atoms with van der Waals surface area (Å²) in [4.78, 5) is 0. The molecule has 19 heavy (non-hydrogen) atoms. The highest BCUT2D eigenvalue weighted by atomic mass is 19.4. The van der Waals surface area contributed by atoms with Crippen molar-refractivity contribution < 1.29 is 18.3 Å². The van der Waals surface area contributed by atoms with Crippen LogP contribution in [0.2, 0.25) is 0 Å². The topological polar surface area (TPSA) is 46.2 Å². The summed E-state index contributed by atoms with van der Waals surface area (Å²) in [6.45, 7) is 0. The van der Waals surface area contributed by atoms with Crippen molar-refractivity contribution in [3.05, 3.63) is 59.2 Å². The molecule has 2 rings (SSSR count). The molecule has 2 aromatic rings. The van der Waals surface area contributed by atoms with Gasteiger partial charge >= 0.3 is 6.18 Å². The SMILES string of the molecule is Nc1cccc(C(F)(F)F)c1Cc1ccccc1O. The molecule has 0 heterocycles. The molecule has 2 aromatic carbocycles. The third-order valence-electron chi connectivity index (χ3n) is 2.88. The molecule has 0 bridgehead atoms. The van der Waals surface area contributed by atoms with E-state index in [9.17, 15) is 18.3 Å². The Hall–Kier alpha value is -2.17. The number of phenolic OH excluding ortho intramolecular Hbond substituents is 1. The van der Waals surface area contributed by atoms with Gasteiger partial charge in [-0.2, -0.15) is 13.2 Å². The second-order valence-electron chi connectivity index (χ2n) is 4.18. The molecule has 0 fully saturated rings. The van der Waals surface area contributed by atoms with E-state index in [1.807, 2.05) is 0 Å². The maximum absolute atomic E-state index is 12.9. The average Bonchev–Trinajstić information content (AvgIpc) is 2.33. The average molecular weight is 267 g/mol. The Bertz CT molecular complexity index is 593. The number of anilines is 1. The molecule has 0 aromatic heterocycles. The van der Waals surface area contributed by atoms with E-state index in [2.05, 4.69) is 0 Å². The summed E-state index contributed by atoms with van der Waals surface area (Å²) in [6, 6.07) is 9.95. The van der Waals surface area contributed by atoms with Crippen LogP contribution in [-0.2, 0) is 12.6 Å². The molecule has 0 atom stereocenters. The fourth-order valence-corrected chi connectivity index (χ4v) is 1.92. The van der Waals surface area contributed by atoms with E-state index < -0.39 is 11.7 Å². The Morgan fingerprint density at radius 1 is 1.00 bits per heavy atom. The van der Waals surface area contributed by atoms with E-state index >= 15 is 0 Å². The van der Waals surface area contributed by atoms with Crippen molar-refractivity contribution in [2.75, 3.05) is 5.73 Å². The van der Waals surface area contributed by atoms with Gasteiger partial charge in [0, 0.05) is 12.1 Å². The summed E-state index contributed by atoms with van der Waals surface area (Å²) in [5.41, 5.74) is 5.33. The fourth-order valence-electron chi connectivity index (χ4n) is 1.92. The van der Waals surface area contributed by atoms with E-state index in [1.165, 1.54) is 18.2 Å². The predicted octanol–water partition coefficient (Wildman–Crippen LogP) is 3.58. The number of benzene rings is 2. The van der Waals surface area contributed by atoms with E-state index in [-0.39, 0.29) is 23.4 Å². The molecule has 0 saturated heterocycles. The van der Waals surface area contributed by atoms with E-state index in [1.54, 1.807) is 18.2 Å². The molecule has 0 aliphatic carbocycles. The highest BCUT2D eigenvalue weighted by molar-refractivity contribution is 5.54. The lowest BCUT2D eigenvalue weighted by Crippen LogP contribution is -2.11. The van der Waals surface area contributed by atoms with Crippen LogP contribution in [0.25, 0.3) is 0 Å². The molecule has 0 saturated carbocycles. The summed E-state index contributed by atoms with van der Waals surface area (Å²) < 4.78 is 38.7. The van der Waals surface area contributed by atoms with Gasteiger partial charge in [-0.3, -0.25) is 0 Å². The molecule has 0 aliphatic heterocycles. The van der Waals surface area contributed by atoms with Crippen LogP contribution >= 0.6 is 0 Å². The van der Waals surface area contributed by atoms with Gasteiger partial charge < -0.3 is 10.8 Å². The van der Waals surface area contributed by atoms with Gasteiger partial charge in [0.25, 0.3) is 0 Å². The number of phenols is 1. The Balaban J connectivity index is 2.48. The maximum Gasteiger partial charge on any atom is 0.416 e. The molecule has 0 unspecified atom stereocenters. The number of nitrogens with two attached hydrogens (primary N) is 1. The Kier molecular flexibility index (Phi) is 3.38. The van der Waals surface area contributed by atoms with Crippen molar-refractivity contribution in [3.8, 4) is 5.75 Å². The van der Waals surface area contributed by atoms with Gasteiger partial charge in [0.2, 0.25) is 0 Å². The van der Waals surface area contributed by atoms with Crippen LogP contribution < -0.4 is 5.73 Å². The number of alkyl halides is 3. The fraction of sp³-hybridized carbons (Fsp3) is 0.143. The van der Waals surface area contributed by atoms with Crippen molar-refractivity contribution in [1.82, 2.24) is 0 Å². The summed E-state index contributed by atoms with van der Waals surface area (Å²) in [6.07, 6.45) is -4.52. The number of aromatic hydroxyl groups is 1. The van der Waals surface area contributed by atoms with Crippen molar-refractivity contribution in [2.45, 2.75) is 12.6 Å². The second-order valence-corrected chi connectivity index (χ2v) is 4.18. The number of hydrogen-bond donors (Lipinski definition) is 2. The molecule has 5 heteroatoms. The minimum Gasteiger partial charge on any atom is -0.508 e. The van der Waals surface area contributed by atoms with Crippen molar-refractivity contribution >= 4 is 5.69 Å². The molecule has 0 radical (unpaired) electrons. The molecule has 0 amide bonds. The molecule has 0 spiro atoms. The first kappa shape index (κ1) is 13.3. The van der Waals surface area contributed by atoms with Crippen LogP contribution in [0.3, 0.4) is 0 Å². The molecule has 0 aliphatic rings. The third-order valence-corrected chi connectivity index (χ3v) is 2.88. The van der Waals surface area contributed by atoms with Gasteiger partial charge in [0.1, 0.15) is 5.75 Å². The van der Waals surface area contributed by atoms with Gasteiger partial charge in [-0.05, 0) is 29.3 Å². The van der Waals surface area contributed by atoms with E-state index in [4.69, 9.17) is 5.73 Å². The number of hydrogen-bond acceptors (Lipinski definition) is 2. The van der Waals surface area contributed by atoms with Gasteiger partial charge in [0.15, 0.2) is 0 Å². The summed E-state index contributed by atoms with van der Waals surface area (Å²) in [7, 11) is 0. The second kappa shape index (κ2) is 4.84. The van der Waals surface area contributed by atoms with E-state index in [0.29, 0.717) is 5.56 Å². The zero-order valence-electron chi connectivity index (χ0n) is 9.91.